The van der Waals surface area contributed by atoms with Gasteiger partial charge in [-0.15, -0.1) is 24.0 Å². The molecular formula is C21H26IN5O2. The molecule has 0 amide bonds. The molecule has 0 bridgehead atoms. The van der Waals surface area contributed by atoms with Crippen LogP contribution in [0.3, 0.4) is 0 Å². The van der Waals surface area contributed by atoms with Gasteiger partial charge in [-0.05, 0) is 42.7 Å². The fraction of sp³-hybridized carbons (Fsp3) is 0.333. The molecule has 0 unspecified atom stereocenters. The maximum absolute atomic E-state index is 5.42. The predicted octanol–water partition coefficient (Wildman–Crippen LogP) is 3.25. The van der Waals surface area contributed by atoms with E-state index in [1.54, 1.807) is 7.05 Å². The number of fused-ring (bicyclic) bond motifs is 2. The Labute approximate surface area is 187 Å². The van der Waals surface area contributed by atoms with Crippen molar-refractivity contribution in [1.29, 1.82) is 0 Å². The van der Waals surface area contributed by atoms with Gasteiger partial charge in [0, 0.05) is 26.6 Å². The van der Waals surface area contributed by atoms with Gasteiger partial charge in [-0.1, -0.05) is 18.2 Å². The van der Waals surface area contributed by atoms with E-state index in [2.05, 4.69) is 37.7 Å². The second kappa shape index (κ2) is 10.3. The Hall–Kier alpha value is -2.49. The largest absolute Gasteiger partial charge is 0.454 e. The number of ether oxygens (including phenoxy) is 2. The molecule has 154 valence electrons. The van der Waals surface area contributed by atoms with Crippen LogP contribution >= 0.6 is 24.0 Å². The molecule has 29 heavy (non-hydrogen) atoms. The Balaban J connectivity index is 0.00000240. The van der Waals surface area contributed by atoms with Crippen molar-refractivity contribution in [2.45, 2.75) is 19.3 Å². The Morgan fingerprint density at radius 2 is 1.90 bits per heavy atom. The van der Waals surface area contributed by atoms with E-state index in [-0.39, 0.29) is 24.0 Å². The monoisotopic (exact) mass is 507 g/mol. The van der Waals surface area contributed by atoms with E-state index in [0.29, 0.717) is 6.79 Å². The average molecular weight is 507 g/mol. The van der Waals surface area contributed by atoms with Gasteiger partial charge in [0.05, 0.1) is 11.0 Å². The van der Waals surface area contributed by atoms with Crippen LogP contribution in [0.1, 0.15) is 17.8 Å². The summed E-state index contributed by atoms with van der Waals surface area (Å²) in [5.41, 5.74) is 3.31. The fourth-order valence-corrected chi connectivity index (χ4v) is 3.23. The maximum Gasteiger partial charge on any atom is 0.231 e. The van der Waals surface area contributed by atoms with Crippen molar-refractivity contribution < 1.29 is 9.47 Å². The topological polar surface area (TPSA) is 83.6 Å². The van der Waals surface area contributed by atoms with Crippen LogP contribution in [0.2, 0.25) is 0 Å². The number of H-pyrrole nitrogens is 1. The first-order valence-electron chi connectivity index (χ1n) is 9.58. The number of hydrogen-bond donors (Lipinski definition) is 3. The van der Waals surface area contributed by atoms with Crippen LogP contribution in [-0.4, -0.2) is 42.9 Å². The molecule has 7 nitrogen and oxygen atoms in total. The van der Waals surface area contributed by atoms with Crippen LogP contribution in [0.5, 0.6) is 11.5 Å². The van der Waals surface area contributed by atoms with Crippen LogP contribution in [0, 0.1) is 0 Å². The standard InChI is InChI=1S/C21H25N5O2.HI/c1-22-21(24-12-10-15-8-9-18-19(13-15)28-14-27-18)23-11-4-7-20-25-16-5-2-3-6-17(16)26-20;/h2-3,5-6,8-9,13H,4,7,10-12,14H2,1H3,(H,25,26)(H2,22,23,24);1H. The molecule has 4 rings (SSSR count). The highest BCUT2D eigenvalue weighted by atomic mass is 127. The molecular weight excluding hydrogens is 481 g/mol. The number of hydrogen-bond acceptors (Lipinski definition) is 4. The SMILES string of the molecule is CN=C(NCCCc1nc2ccccc2[nH]1)NCCc1ccc2c(c1)OCO2.I. The van der Waals surface area contributed by atoms with Gasteiger partial charge in [-0.2, -0.15) is 0 Å². The minimum Gasteiger partial charge on any atom is -0.454 e. The van der Waals surface area contributed by atoms with Crippen molar-refractivity contribution in [2.24, 2.45) is 4.99 Å². The van der Waals surface area contributed by atoms with Gasteiger partial charge in [-0.3, -0.25) is 4.99 Å². The van der Waals surface area contributed by atoms with Crippen LogP contribution in [0.15, 0.2) is 47.5 Å². The highest BCUT2D eigenvalue weighted by molar-refractivity contribution is 14.0. The number of rotatable bonds is 7. The first-order chi connectivity index (χ1) is 13.8. The highest BCUT2D eigenvalue weighted by Crippen LogP contribution is 2.32. The van der Waals surface area contributed by atoms with E-state index in [1.165, 1.54) is 5.56 Å². The van der Waals surface area contributed by atoms with Crippen molar-refractivity contribution in [3.8, 4) is 11.5 Å². The number of halogens is 1. The normalized spacial score (nSPS) is 12.7. The van der Waals surface area contributed by atoms with E-state index in [9.17, 15) is 0 Å². The zero-order valence-corrected chi connectivity index (χ0v) is 18.7. The molecule has 0 saturated carbocycles. The molecule has 0 atom stereocenters. The fourth-order valence-electron chi connectivity index (χ4n) is 3.23. The van der Waals surface area contributed by atoms with Crippen molar-refractivity contribution >= 4 is 41.0 Å². The number of guanidine groups is 1. The summed E-state index contributed by atoms with van der Waals surface area (Å²) in [6.45, 7) is 1.94. The Kier molecular flexibility index (Phi) is 7.56. The summed E-state index contributed by atoms with van der Waals surface area (Å²) in [6.07, 6.45) is 2.76. The number of imidazole rings is 1. The average Bonchev–Trinajstić information content (AvgIpc) is 3.35. The molecule has 1 aliphatic rings. The maximum atomic E-state index is 5.42. The van der Waals surface area contributed by atoms with Crippen LogP contribution in [-0.2, 0) is 12.8 Å². The number of nitrogens with zero attached hydrogens (tertiary/aromatic N) is 2. The lowest BCUT2D eigenvalue weighted by atomic mass is 10.1. The number of aryl methyl sites for hydroxylation is 1. The number of aromatic nitrogens is 2. The summed E-state index contributed by atoms with van der Waals surface area (Å²) >= 11 is 0. The molecule has 0 spiro atoms. The van der Waals surface area contributed by atoms with E-state index in [1.807, 2.05) is 30.3 Å². The Morgan fingerprint density at radius 3 is 2.76 bits per heavy atom. The Morgan fingerprint density at radius 1 is 1.07 bits per heavy atom. The van der Waals surface area contributed by atoms with Gasteiger partial charge in [0.1, 0.15) is 5.82 Å². The van der Waals surface area contributed by atoms with Crippen LogP contribution in [0.4, 0.5) is 0 Å². The van der Waals surface area contributed by atoms with Crippen molar-refractivity contribution in [2.75, 3.05) is 26.9 Å². The third-order valence-electron chi connectivity index (χ3n) is 4.69. The van der Waals surface area contributed by atoms with E-state index < -0.39 is 0 Å². The van der Waals surface area contributed by atoms with Gasteiger partial charge < -0.3 is 25.1 Å². The molecule has 8 heteroatoms. The summed E-state index contributed by atoms with van der Waals surface area (Å²) in [6, 6.07) is 14.2. The van der Waals surface area contributed by atoms with E-state index >= 15 is 0 Å². The van der Waals surface area contributed by atoms with Gasteiger partial charge >= 0.3 is 0 Å². The lowest BCUT2D eigenvalue weighted by molar-refractivity contribution is 0.174. The number of benzene rings is 2. The third-order valence-corrected chi connectivity index (χ3v) is 4.69. The summed E-state index contributed by atoms with van der Waals surface area (Å²) in [5, 5.41) is 6.70. The number of para-hydroxylation sites is 2. The molecule has 1 aliphatic heterocycles. The minimum atomic E-state index is 0. The molecule has 0 saturated heterocycles. The third kappa shape index (κ3) is 5.53. The predicted molar refractivity (Wildman–Crippen MR) is 125 cm³/mol. The molecule has 1 aromatic heterocycles. The quantitative estimate of drug-likeness (QED) is 0.198. The minimum absolute atomic E-state index is 0. The number of nitrogens with one attached hydrogen (secondary N) is 3. The number of aliphatic imine (C=N–C) groups is 1. The first kappa shape index (κ1) is 21.2. The second-order valence-electron chi connectivity index (χ2n) is 6.67. The van der Waals surface area contributed by atoms with Gasteiger partial charge in [0.25, 0.3) is 0 Å². The van der Waals surface area contributed by atoms with Crippen molar-refractivity contribution in [3.05, 3.63) is 53.9 Å². The van der Waals surface area contributed by atoms with Crippen molar-refractivity contribution in [3.63, 3.8) is 0 Å². The molecule has 3 N–H and O–H groups in total. The molecule has 0 fully saturated rings. The Bertz CT molecular complexity index is 940. The van der Waals surface area contributed by atoms with Gasteiger partial charge in [0.2, 0.25) is 6.79 Å². The lowest BCUT2D eigenvalue weighted by Crippen LogP contribution is -2.38. The summed E-state index contributed by atoms with van der Waals surface area (Å²) < 4.78 is 10.8. The van der Waals surface area contributed by atoms with E-state index in [0.717, 1.165) is 66.7 Å². The van der Waals surface area contributed by atoms with Gasteiger partial charge in [0.15, 0.2) is 17.5 Å². The molecule has 0 aliphatic carbocycles. The highest BCUT2D eigenvalue weighted by Gasteiger charge is 2.12. The zero-order valence-electron chi connectivity index (χ0n) is 16.4. The molecule has 2 heterocycles. The van der Waals surface area contributed by atoms with Gasteiger partial charge in [-0.25, -0.2) is 4.98 Å². The van der Waals surface area contributed by atoms with Crippen LogP contribution in [0.25, 0.3) is 11.0 Å². The summed E-state index contributed by atoms with van der Waals surface area (Å²) in [4.78, 5) is 12.3. The van der Waals surface area contributed by atoms with E-state index in [4.69, 9.17) is 9.47 Å². The number of aromatic amines is 1. The second-order valence-corrected chi connectivity index (χ2v) is 6.67. The smallest absolute Gasteiger partial charge is 0.231 e. The summed E-state index contributed by atoms with van der Waals surface area (Å²) in [5.74, 6) is 3.48. The lowest BCUT2D eigenvalue weighted by Gasteiger charge is -2.11. The van der Waals surface area contributed by atoms with Crippen molar-refractivity contribution in [1.82, 2.24) is 20.6 Å². The summed E-state index contributed by atoms with van der Waals surface area (Å²) in [7, 11) is 1.79. The zero-order chi connectivity index (χ0) is 19.2. The molecule has 0 radical (unpaired) electrons. The molecule has 2 aromatic carbocycles. The van der Waals surface area contributed by atoms with Crippen LogP contribution < -0.4 is 20.1 Å². The molecule has 3 aromatic rings. The first-order valence-corrected chi connectivity index (χ1v) is 9.58.